The summed E-state index contributed by atoms with van der Waals surface area (Å²) in [5, 5.41) is 22.7. The molecule has 218 valence electrons. The first-order chi connectivity index (χ1) is 18.7. The quantitative estimate of drug-likeness (QED) is 0.356. The molecule has 4 aliphatic rings. The molecule has 1 atom stereocenters. The van der Waals surface area contributed by atoms with Gasteiger partial charge in [0.1, 0.15) is 5.75 Å². The first-order valence-corrected chi connectivity index (χ1v) is 15.0. The Morgan fingerprint density at radius 3 is 2.31 bits per heavy atom. The number of nitrogens with zero attached hydrogens (tertiary/aromatic N) is 1. The monoisotopic (exact) mass is 542 g/mol. The van der Waals surface area contributed by atoms with E-state index in [1.807, 2.05) is 31.9 Å². The number of hydrogen-bond acceptors (Lipinski definition) is 5. The van der Waals surface area contributed by atoms with Gasteiger partial charge in [0.25, 0.3) is 0 Å². The third kappa shape index (κ3) is 6.45. The third-order valence-electron chi connectivity index (χ3n) is 9.03. The van der Waals surface area contributed by atoms with Crippen LogP contribution in [0.15, 0.2) is 30.0 Å². The van der Waals surface area contributed by atoms with Crippen LogP contribution in [0.4, 0.5) is 0 Å². The first kappa shape index (κ1) is 31.0. The second-order valence-corrected chi connectivity index (χ2v) is 11.8. The van der Waals surface area contributed by atoms with E-state index in [4.69, 9.17) is 9.84 Å². The minimum atomic E-state index is -0.619. The zero-order chi connectivity index (χ0) is 28.6. The summed E-state index contributed by atoms with van der Waals surface area (Å²) in [4.78, 5) is 24.1. The lowest BCUT2D eigenvalue weighted by molar-refractivity contribution is -0.144. The molecule has 0 aromatic heterocycles. The molecule has 2 heterocycles. The van der Waals surface area contributed by atoms with E-state index in [2.05, 4.69) is 37.5 Å². The number of carboxylic acids is 1. The Hall–Kier alpha value is -2.54. The second kappa shape index (κ2) is 13.7. The smallest absolute Gasteiger partial charge is 0.306 e. The van der Waals surface area contributed by atoms with Crippen LogP contribution >= 0.6 is 0 Å². The highest BCUT2D eigenvalue weighted by molar-refractivity contribution is 5.70. The summed E-state index contributed by atoms with van der Waals surface area (Å²) >= 11 is 0. The number of carboxylic acid groups (broad SMARTS) is 1. The lowest BCUT2D eigenvalue weighted by Crippen LogP contribution is -2.58. The maximum absolute atomic E-state index is 12.2. The molecule has 3 fully saturated rings. The van der Waals surface area contributed by atoms with Gasteiger partial charge in [-0.25, -0.2) is 0 Å². The average Bonchev–Trinajstić information content (AvgIpc) is 3.68. The maximum atomic E-state index is 12.2. The number of amides is 1. The number of benzene rings is 1. The van der Waals surface area contributed by atoms with Gasteiger partial charge in [0.2, 0.25) is 6.41 Å². The Morgan fingerprint density at radius 1 is 1.18 bits per heavy atom. The van der Waals surface area contributed by atoms with Crippen molar-refractivity contribution in [2.24, 2.45) is 23.2 Å². The van der Waals surface area contributed by atoms with Crippen molar-refractivity contribution in [2.75, 3.05) is 26.8 Å². The van der Waals surface area contributed by atoms with Crippen LogP contribution in [0.3, 0.4) is 0 Å². The number of likely N-dealkylation sites (N-methyl/N-ethyl adjacent to an activating group) is 1. The Labute approximate surface area is 235 Å². The first-order valence-electron chi connectivity index (χ1n) is 15.0. The molecule has 1 aromatic carbocycles. The normalized spacial score (nSPS) is 23.7. The van der Waals surface area contributed by atoms with Crippen LogP contribution in [0.5, 0.6) is 5.75 Å². The molecule has 2 saturated carbocycles. The van der Waals surface area contributed by atoms with Crippen LogP contribution in [0.2, 0.25) is 0 Å². The molecule has 1 amide bonds. The number of rotatable bonds is 8. The number of phenols is 1. The van der Waals surface area contributed by atoms with Crippen molar-refractivity contribution in [1.29, 1.82) is 0 Å². The molecule has 3 N–H and O–H groups in total. The van der Waals surface area contributed by atoms with E-state index in [1.165, 1.54) is 5.57 Å². The van der Waals surface area contributed by atoms with Crippen LogP contribution in [0.1, 0.15) is 90.2 Å². The predicted molar refractivity (Wildman–Crippen MR) is 154 cm³/mol. The van der Waals surface area contributed by atoms with Gasteiger partial charge in [-0.3, -0.25) is 9.59 Å². The summed E-state index contributed by atoms with van der Waals surface area (Å²) in [5.74, 6) is 0.701. The maximum Gasteiger partial charge on any atom is 0.306 e. The molecule has 0 unspecified atom stereocenters. The molecule has 2 aliphatic heterocycles. The van der Waals surface area contributed by atoms with Crippen LogP contribution < -0.4 is 5.32 Å². The third-order valence-corrected chi connectivity index (χ3v) is 9.03. The molecule has 1 spiro atoms. The minimum Gasteiger partial charge on any atom is -0.508 e. The van der Waals surface area contributed by atoms with E-state index in [-0.39, 0.29) is 11.3 Å². The molecule has 7 heteroatoms. The van der Waals surface area contributed by atoms with Crippen molar-refractivity contribution < 1.29 is 24.5 Å². The van der Waals surface area contributed by atoms with E-state index in [9.17, 15) is 14.7 Å². The number of aryl methyl sites for hydroxylation is 1. The summed E-state index contributed by atoms with van der Waals surface area (Å²) in [6.45, 7) is 10.8. The van der Waals surface area contributed by atoms with Gasteiger partial charge in [0, 0.05) is 32.2 Å². The summed E-state index contributed by atoms with van der Waals surface area (Å²) in [7, 11) is 1.91. The Morgan fingerprint density at radius 2 is 1.85 bits per heavy atom. The molecule has 7 nitrogen and oxygen atoms in total. The zero-order valence-corrected chi connectivity index (χ0v) is 24.7. The molecule has 39 heavy (non-hydrogen) atoms. The summed E-state index contributed by atoms with van der Waals surface area (Å²) in [6, 6.07) is 6.18. The minimum absolute atomic E-state index is 0.000000000000000444. The molecule has 2 aliphatic carbocycles. The molecular formula is C32H50N2O5. The summed E-state index contributed by atoms with van der Waals surface area (Å²) in [6.07, 6.45) is 12.0. The zero-order valence-electron chi connectivity index (χ0n) is 24.7. The number of ether oxygens (including phenoxy) is 1. The van der Waals surface area contributed by atoms with E-state index < -0.39 is 11.5 Å². The molecule has 0 bridgehead atoms. The van der Waals surface area contributed by atoms with Gasteiger partial charge >= 0.3 is 5.97 Å². The number of nitrogens with one attached hydrogen (secondary N) is 1. The largest absolute Gasteiger partial charge is 0.508 e. The van der Waals surface area contributed by atoms with Crippen LogP contribution in [-0.4, -0.2) is 54.3 Å². The number of aromatic hydroxyl groups is 1. The number of carbonyl (C=O) groups is 2. The predicted octanol–water partition coefficient (Wildman–Crippen LogP) is 5.86. The fourth-order valence-corrected chi connectivity index (χ4v) is 6.44. The highest BCUT2D eigenvalue weighted by Gasteiger charge is 2.65. The molecule has 0 radical (unpaired) electrons. The van der Waals surface area contributed by atoms with Crippen molar-refractivity contribution in [1.82, 2.24) is 10.2 Å². The SMILES string of the molecule is CC.CC(C)CCc1ccc([C@]2(N(C)C=O)C(C3CCOCC3)=CNCC23CC3)cc1O.O=C(O)C1CCC1. The highest BCUT2D eigenvalue weighted by Crippen LogP contribution is 2.66. The van der Waals surface area contributed by atoms with Gasteiger partial charge in [-0.05, 0) is 92.2 Å². The average molecular weight is 543 g/mol. The van der Waals surface area contributed by atoms with Crippen LogP contribution in [-0.2, 0) is 26.3 Å². The van der Waals surface area contributed by atoms with E-state index in [0.29, 0.717) is 17.6 Å². The molecular weight excluding hydrogens is 492 g/mol. The van der Waals surface area contributed by atoms with Gasteiger partial charge in [0.15, 0.2) is 0 Å². The lowest BCUT2D eigenvalue weighted by Gasteiger charge is -2.53. The highest BCUT2D eigenvalue weighted by atomic mass is 16.5. The Bertz CT molecular complexity index is 992. The topological polar surface area (TPSA) is 99.1 Å². The summed E-state index contributed by atoms with van der Waals surface area (Å²) < 4.78 is 5.63. The second-order valence-electron chi connectivity index (χ2n) is 11.8. The van der Waals surface area contributed by atoms with Crippen molar-refractivity contribution in [2.45, 2.75) is 91.0 Å². The van der Waals surface area contributed by atoms with Gasteiger partial charge < -0.3 is 25.2 Å². The molecule has 1 saturated heterocycles. The molecule has 5 rings (SSSR count). The van der Waals surface area contributed by atoms with E-state index in [1.54, 1.807) is 0 Å². The van der Waals surface area contributed by atoms with Gasteiger partial charge in [-0.15, -0.1) is 0 Å². The number of hydrogen-bond donors (Lipinski definition) is 3. The number of phenolic OH excluding ortho intramolecular Hbond substituents is 1. The fourth-order valence-electron chi connectivity index (χ4n) is 6.44. The lowest BCUT2D eigenvalue weighted by atomic mass is 9.63. The standard InChI is InChI=1S/C25H36N2O3.C5H8O2.C2H6/c1-18(2)4-5-20-6-7-21(14-23(20)29)25(27(3)17-28)22(19-8-12-30-13-9-19)15-26-16-24(25)10-11-24;6-5(7)4-2-1-3-4;1-2/h6-7,14-15,17-19,26,29H,4-5,8-13,16H2,1-3H3;4H,1-3H2,(H,6,7);1-2H3/t25-;;/m0../s1. The number of aliphatic carboxylic acids is 1. The van der Waals surface area contributed by atoms with Crippen LogP contribution in [0.25, 0.3) is 0 Å². The van der Waals surface area contributed by atoms with Crippen molar-refractivity contribution in [3.8, 4) is 5.75 Å². The van der Waals surface area contributed by atoms with Crippen molar-refractivity contribution in [3.63, 3.8) is 0 Å². The van der Waals surface area contributed by atoms with Crippen LogP contribution in [0, 0.1) is 23.2 Å². The van der Waals surface area contributed by atoms with E-state index >= 15 is 0 Å². The van der Waals surface area contributed by atoms with E-state index in [0.717, 1.165) is 95.1 Å². The van der Waals surface area contributed by atoms with Gasteiger partial charge in [-0.1, -0.05) is 46.2 Å². The summed E-state index contributed by atoms with van der Waals surface area (Å²) in [5.41, 5.74) is 2.78. The number of carbonyl (C=O) groups excluding carboxylic acids is 1. The Balaban J connectivity index is 0.000000401. The van der Waals surface area contributed by atoms with Crippen molar-refractivity contribution >= 4 is 12.4 Å². The Kier molecular flexibility index (Phi) is 10.9. The van der Waals surface area contributed by atoms with Gasteiger partial charge in [-0.2, -0.15) is 0 Å². The fraction of sp³-hybridized carbons (Fsp3) is 0.688. The van der Waals surface area contributed by atoms with Gasteiger partial charge in [0.05, 0.1) is 11.5 Å². The van der Waals surface area contributed by atoms with Crippen molar-refractivity contribution in [3.05, 3.63) is 41.1 Å². The molecule has 1 aromatic rings.